The van der Waals surface area contributed by atoms with Crippen molar-refractivity contribution in [2.45, 2.75) is 37.5 Å². The van der Waals surface area contributed by atoms with E-state index in [-0.39, 0.29) is 11.6 Å². The van der Waals surface area contributed by atoms with E-state index in [0.29, 0.717) is 30.3 Å². The lowest BCUT2D eigenvalue weighted by molar-refractivity contribution is -0.137. The lowest BCUT2D eigenvalue weighted by atomic mass is 10.1. The van der Waals surface area contributed by atoms with Gasteiger partial charge in [0.2, 0.25) is 5.91 Å². The van der Waals surface area contributed by atoms with Gasteiger partial charge in [0, 0.05) is 0 Å². The number of pyridine rings is 1. The molecule has 0 spiro atoms. The van der Waals surface area contributed by atoms with E-state index in [2.05, 4.69) is 15.6 Å². The van der Waals surface area contributed by atoms with Gasteiger partial charge in [-0.15, -0.1) is 0 Å². The van der Waals surface area contributed by atoms with Gasteiger partial charge in [0.1, 0.15) is 5.82 Å². The van der Waals surface area contributed by atoms with Crippen LogP contribution in [0.1, 0.15) is 37.1 Å². The third kappa shape index (κ3) is 4.36. The smallest absolute Gasteiger partial charge is 0.354 e. The van der Waals surface area contributed by atoms with Crippen molar-refractivity contribution in [3.8, 4) is 0 Å². The number of hydrogen-bond donors (Lipinski definition) is 3. The summed E-state index contributed by atoms with van der Waals surface area (Å²) >= 11 is 0. The molecular formula is C18H18F4N4O. The summed E-state index contributed by atoms with van der Waals surface area (Å²) in [7, 11) is 0. The van der Waals surface area contributed by atoms with Gasteiger partial charge >= 0.3 is 6.18 Å². The molecule has 1 heterocycles. The predicted molar refractivity (Wildman–Crippen MR) is 91.6 cm³/mol. The summed E-state index contributed by atoms with van der Waals surface area (Å²) in [6, 6.07) is 5.11. The zero-order chi connectivity index (χ0) is 19.8. The molecule has 1 atom stereocenters. The van der Waals surface area contributed by atoms with Crippen LogP contribution in [0.15, 0.2) is 36.5 Å². The second-order valence-corrected chi connectivity index (χ2v) is 6.64. The van der Waals surface area contributed by atoms with Gasteiger partial charge in [0.05, 0.1) is 40.4 Å². The Labute approximate surface area is 153 Å². The molecule has 0 saturated heterocycles. The number of alkyl halides is 3. The maximum atomic E-state index is 13.2. The normalized spacial score (nSPS) is 16.5. The average Bonchev–Trinajstić information content (AvgIpc) is 3.35. The summed E-state index contributed by atoms with van der Waals surface area (Å²) in [4.78, 5) is 16.1. The topological polar surface area (TPSA) is 80.0 Å². The number of halogens is 4. The summed E-state index contributed by atoms with van der Waals surface area (Å²) in [6.45, 7) is 1.74. The largest absolute Gasteiger partial charge is 0.418 e. The van der Waals surface area contributed by atoms with Gasteiger partial charge in [-0.2, -0.15) is 13.2 Å². The average molecular weight is 382 g/mol. The van der Waals surface area contributed by atoms with Gasteiger partial charge in [0.15, 0.2) is 0 Å². The highest BCUT2D eigenvalue weighted by atomic mass is 19.4. The number of nitrogens with two attached hydrogens (primary N) is 1. The molecule has 27 heavy (non-hydrogen) atoms. The number of rotatable bonds is 5. The highest BCUT2D eigenvalue weighted by molar-refractivity contribution is 5.89. The fourth-order valence-corrected chi connectivity index (χ4v) is 2.53. The Morgan fingerprint density at radius 1 is 1.26 bits per heavy atom. The number of anilines is 2. The molecule has 144 valence electrons. The first-order valence-electron chi connectivity index (χ1n) is 8.28. The molecule has 1 saturated carbocycles. The van der Waals surface area contributed by atoms with Crippen LogP contribution in [-0.2, 0) is 11.0 Å². The van der Waals surface area contributed by atoms with Crippen LogP contribution in [0.2, 0.25) is 0 Å². The Kier molecular flexibility index (Phi) is 4.81. The Morgan fingerprint density at radius 2 is 1.96 bits per heavy atom. The third-order valence-corrected chi connectivity index (χ3v) is 4.38. The van der Waals surface area contributed by atoms with E-state index >= 15 is 0 Å². The van der Waals surface area contributed by atoms with Crippen LogP contribution in [0, 0.1) is 5.82 Å². The van der Waals surface area contributed by atoms with Gasteiger partial charge in [-0.05, 0) is 50.1 Å². The second-order valence-electron chi connectivity index (χ2n) is 6.64. The first-order valence-corrected chi connectivity index (χ1v) is 8.28. The van der Waals surface area contributed by atoms with Crippen molar-refractivity contribution in [1.82, 2.24) is 10.3 Å². The molecule has 1 aromatic heterocycles. The van der Waals surface area contributed by atoms with Crippen LogP contribution in [0.3, 0.4) is 0 Å². The number of amides is 1. The Balaban J connectivity index is 1.72. The zero-order valence-corrected chi connectivity index (χ0v) is 14.4. The minimum atomic E-state index is -4.70. The SMILES string of the molecule is CC(NC(=O)C1(N)CC1)c1ccc(Nc2ccc(F)cc2C(F)(F)F)cn1. The molecule has 1 aliphatic rings. The number of aromatic nitrogens is 1. The van der Waals surface area contributed by atoms with E-state index in [1.165, 1.54) is 12.3 Å². The monoisotopic (exact) mass is 382 g/mol. The van der Waals surface area contributed by atoms with Gasteiger partial charge in [-0.1, -0.05) is 0 Å². The Bertz CT molecular complexity index is 847. The molecule has 5 nitrogen and oxygen atoms in total. The number of nitrogens with one attached hydrogen (secondary N) is 2. The van der Waals surface area contributed by atoms with Crippen LogP contribution in [0.4, 0.5) is 28.9 Å². The van der Waals surface area contributed by atoms with Gasteiger partial charge in [0.25, 0.3) is 0 Å². The molecule has 3 rings (SSSR count). The van der Waals surface area contributed by atoms with Gasteiger partial charge < -0.3 is 16.4 Å². The third-order valence-electron chi connectivity index (χ3n) is 4.38. The maximum Gasteiger partial charge on any atom is 0.418 e. The van der Waals surface area contributed by atoms with E-state index in [1.807, 2.05) is 0 Å². The fourth-order valence-electron chi connectivity index (χ4n) is 2.53. The number of hydrogen-bond acceptors (Lipinski definition) is 4. The van der Waals surface area contributed by atoms with Gasteiger partial charge in [-0.25, -0.2) is 4.39 Å². The molecular weight excluding hydrogens is 364 g/mol. The van der Waals surface area contributed by atoms with Crippen molar-refractivity contribution in [2.75, 3.05) is 5.32 Å². The van der Waals surface area contributed by atoms with Crippen LogP contribution in [0.25, 0.3) is 0 Å². The predicted octanol–water partition coefficient (Wildman–Crippen LogP) is 3.65. The van der Waals surface area contributed by atoms with E-state index in [4.69, 9.17) is 5.73 Å². The molecule has 0 bridgehead atoms. The van der Waals surface area contributed by atoms with Crippen LogP contribution in [0.5, 0.6) is 0 Å². The van der Waals surface area contributed by atoms with Crippen LogP contribution >= 0.6 is 0 Å². The number of carbonyl (C=O) groups excluding carboxylic acids is 1. The van der Waals surface area contributed by atoms with Crippen molar-refractivity contribution in [1.29, 1.82) is 0 Å². The molecule has 9 heteroatoms. The zero-order valence-electron chi connectivity index (χ0n) is 14.4. The van der Waals surface area contributed by atoms with Crippen molar-refractivity contribution in [2.24, 2.45) is 5.73 Å². The summed E-state index contributed by atoms with van der Waals surface area (Å²) in [5.41, 5.74) is 4.47. The summed E-state index contributed by atoms with van der Waals surface area (Å²) in [5, 5.41) is 5.36. The highest BCUT2D eigenvalue weighted by Gasteiger charge is 2.46. The minimum Gasteiger partial charge on any atom is -0.354 e. The molecule has 1 unspecified atom stereocenters. The summed E-state index contributed by atoms with van der Waals surface area (Å²) < 4.78 is 52.3. The second kappa shape index (κ2) is 6.80. The molecule has 4 N–H and O–H groups in total. The molecule has 1 fully saturated rings. The van der Waals surface area contributed by atoms with Gasteiger partial charge in [-0.3, -0.25) is 9.78 Å². The quantitative estimate of drug-likeness (QED) is 0.690. The molecule has 1 aliphatic carbocycles. The maximum absolute atomic E-state index is 13.2. The van der Waals surface area contributed by atoms with Crippen LogP contribution < -0.4 is 16.4 Å². The molecule has 2 aromatic rings. The standard InChI is InChI=1S/C18H18F4N4O/c1-10(25-16(27)17(23)6-7-17)14-5-3-12(9-24-14)26-15-4-2-11(19)8-13(15)18(20,21)22/h2-5,8-10,26H,6-7,23H2,1H3,(H,25,27). The molecule has 0 radical (unpaired) electrons. The lowest BCUT2D eigenvalue weighted by Gasteiger charge is -2.17. The fraction of sp³-hybridized carbons (Fsp3) is 0.333. The van der Waals surface area contributed by atoms with Crippen molar-refractivity contribution in [3.63, 3.8) is 0 Å². The number of nitrogens with zero attached hydrogens (tertiary/aromatic N) is 1. The highest BCUT2D eigenvalue weighted by Crippen LogP contribution is 2.36. The number of carbonyl (C=O) groups is 1. The molecule has 0 aliphatic heterocycles. The number of benzene rings is 1. The summed E-state index contributed by atoms with van der Waals surface area (Å²) in [6.07, 6.45) is -2.07. The van der Waals surface area contributed by atoms with Crippen LogP contribution in [-0.4, -0.2) is 16.4 Å². The first kappa shape index (κ1) is 19.1. The van der Waals surface area contributed by atoms with Crippen molar-refractivity contribution < 1.29 is 22.4 Å². The van der Waals surface area contributed by atoms with E-state index in [9.17, 15) is 22.4 Å². The first-order chi connectivity index (χ1) is 12.6. The van der Waals surface area contributed by atoms with Crippen molar-refractivity contribution in [3.05, 3.63) is 53.6 Å². The van der Waals surface area contributed by atoms with Crippen molar-refractivity contribution >= 4 is 17.3 Å². The molecule has 1 amide bonds. The summed E-state index contributed by atoms with van der Waals surface area (Å²) in [5.74, 6) is -1.22. The Morgan fingerprint density at radius 3 is 2.52 bits per heavy atom. The van der Waals surface area contributed by atoms with E-state index in [1.54, 1.807) is 13.0 Å². The molecule has 1 aromatic carbocycles. The Hall–Kier alpha value is -2.68. The minimum absolute atomic E-state index is 0.250. The van der Waals surface area contributed by atoms with E-state index in [0.717, 1.165) is 12.1 Å². The van der Waals surface area contributed by atoms with E-state index < -0.39 is 29.1 Å². The lowest BCUT2D eigenvalue weighted by Crippen LogP contribution is -2.43.